The van der Waals surface area contributed by atoms with Gasteiger partial charge in [-0.15, -0.1) is 0 Å². The fraction of sp³-hybridized carbons (Fsp3) is 0.417. The molecule has 2 atom stereocenters. The summed E-state index contributed by atoms with van der Waals surface area (Å²) in [5, 5.41) is 6.77. The smallest absolute Gasteiger partial charge is 0.404 e. The number of hydrogen-bond acceptors (Lipinski definition) is 6. The van der Waals surface area contributed by atoms with Crippen LogP contribution >= 0.6 is 11.6 Å². The van der Waals surface area contributed by atoms with Gasteiger partial charge < -0.3 is 21.3 Å². The monoisotopic (exact) mass is 522 g/mol. The van der Waals surface area contributed by atoms with Crippen molar-refractivity contribution in [1.29, 1.82) is 0 Å². The highest BCUT2D eigenvalue weighted by molar-refractivity contribution is 6.31. The Bertz CT molecular complexity index is 1230. The summed E-state index contributed by atoms with van der Waals surface area (Å²) >= 11 is 6.10. The molecule has 2 aliphatic rings. The van der Waals surface area contributed by atoms with E-state index in [1.807, 2.05) is 0 Å². The van der Waals surface area contributed by atoms with E-state index >= 15 is 0 Å². The average molecular weight is 523 g/mol. The lowest BCUT2D eigenvalue weighted by Crippen LogP contribution is -2.55. The van der Waals surface area contributed by atoms with Gasteiger partial charge in [0.05, 0.1) is 17.1 Å². The van der Waals surface area contributed by atoms with Crippen molar-refractivity contribution in [2.45, 2.75) is 50.5 Å². The van der Waals surface area contributed by atoms with Crippen molar-refractivity contribution in [2.75, 3.05) is 18.4 Å². The lowest BCUT2D eigenvalue weighted by atomic mass is 9.99. The summed E-state index contributed by atoms with van der Waals surface area (Å²) in [5.74, 6) is -0.652. The fourth-order valence-corrected chi connectivity index (χ4v) is 4.28. The van der Waals surface area contributed by atoms with Gasteiger partial charge in [-0.2, -0.15) is 13.2 Å². The maximum atomic E-state index is 13.5. The van der Waals surface area contributed by atoms with Gasteiger partial charge >= 0.3 is 6.18 Å². The highest BCUT2D eigenvalue weighted by Crippen LogP contribution is 2.35. The number of nitrogens with two attached hydrogens (primary N) is 1. The maximum Gasteiger partial charge on any atom is 0.433 e. The molecule has 1 saturated heterocycles. The summed E-state index contributed by atoms with van der Waals surface area (Å²) in [6, 6.07) is 4.67. The number of rotatable bonds is 6. The Labute approximate surface area is 210 Å². The third kappa shape index (κ3) is 6.26. The van der Waals surface area contributed by atoms with Crippen LogP contribution in [0.25, 0.3) is 10.9 Å². The third-order valence-corrected chi connectivity index (χ3v) is 6.30. The van der Waals surface area contributed by atoms with E-state index in [1.54, 1.807) is 0 Å². The summed E-state index contributed by atoms with van der Waals surface area (Å²) in [5.41, 5.74) is 5.09. The number of fused-ring (bicyclic) bond motifs is 1. The molecule has 0 spiro atoms. The minimum atomic E-state index is -4.65. The number of aliphatic imine (C=N–C) groups is 1. The van der Waals surface area contributed by atoms with Crippen LogP contribution in [-0.4, -0.2) is 59.1 Å². The van der Waals surface area contributed by atoms with E-state index in [0.717, 1.165) is 18.9 Å². The Balaban J connectivity index is 1.57. The van der Waals surface area contributed by atoms with Gasteiger partial charge in [0.1, 0.15) is 5.69 Å². The molecule has 0 radical (unpaired) electrons. The molecule has 1 saturated carbocycles. The first-order valence-electron chi connectivity index (χ1n) is 11.5. The second kappa shape index (κ2) is 10.3. The molecule has 2 amide bonds. The zero-order valence-electron chi connectivity index (χ0n) is 19.5. The molecule has 4 rings (SSSR count). The van der Waals surface area contributed by atoms with Gasteiger partial charge in [-0.05, 0) is 43.5 Å². The number of hydrogen-bond donors (Lipinski definition) is 3. The van der Waals surface area contributed by atoms with E-state index in [-0.39, 0.29) is 41.8 Å². The minimum absolute atomic E-state index is 0.133. The fourth-order valence-electron chi connectivity index (χ4n) is 4.10. The van der Waals surface area contributed by atoms with Crippen LogP contribution in [0.3, 0.4) is 0 Å². The molecule has 0 bridgehead atoms. The molecule has 12 heteroatoms. The molecule has 1 aromatic carbocycles. The maximum absolute atomic E-state index is 13.5. The lowest BCUT2D eigenvalue weighted by molar-refractivity contribution is -0.141. The molecular weight excluding hydrogens is 497 g/mol. The predicted molar refractivity (Wildman–Crippen MR) is 132 cm³/mol. The summed E-state index contributed by atoms with van der Waals surface area (Å²) < 4.78 is 40.5. The van der Waals surface area contributed by atoms with Gasteiger partial charge in [-0.1, -0.05) is 11.6 Å². The van der Waals surface area contributed by atoms with E-state index in [4.69, 9.17) is 17.3 Å². The number of halogens is 4. The van der Waals surface area contributed by atoms with Crippen LogP contribution < -0.4 is 16.4 Å². The van der Waals surface area contributed by atoms with E-state index in [1.165, 1.54) is 42.4 Å². The van der Waals surface area contributed by atoms with Crippen LogP contribution in [0.5, 0.6) is 0 Å². The van der Waals surface area contributed by atoms with Crippen LogP contribution in [0.15, 0.2) is 41.0 Å². The predicted octanol–water partition coefficient (Wildman–Crippen LogP) is 3.50. The zero-order chi connectivity index (χ0) is 26.0. The average Bonchev–Trinajstić information content (AvgIpc) is 3.63. The first-order valence-corrected chi connectivity index (χ1v) is 11.9. The number of carbonyl (C=O) groups excluding carboxylic acids is 2. The molecule has 36 heavy (non-hydrogen) atoms. The Kier molecular flexibility index (Phi) is 7.39. The summed E-state index contributed by atoms with van der Waals surface area (Å²) in [6.45, 7) is 1.90. The van der Waals surface area contributed by atoms with Gasteiger partial charge in [0.2, 0.25) is 5.91 Å². The summed E-state index contributed by atoms with van der Waals surface area (Å²) in [4.78, 5) is 34.5. The van der Waals surface area contributed by atoms with Crippen LogP contribution in [0, 0.1) is 0 Å². The van der Waals surface area contributed by atoms with Crippen molar-refractivity contribution in [3.63, 3.8) is 0 Å². The highest BCUT2D eigenvalue weighted by atomic mass is 35.5. The number of anilines is 1. The quantitative estimate of drug-likeness (QED) is 0.397. The van der Waals surface area contributed by atoms with Crippen LogP contribution in [0.2, 0.25) is 5.02 Å². The van der Waals surface area contributed by atoms with E-state index in [0.29, 0.717) is 16.8 Å². The van der Waals surface area contributed by atoms with Crippen molar-refractivity contribution < 1.29 is 22.8 Å². The highest BCUT2D eigenvalue weighted by Gasteiger charge is 2.35. The van der Waals surface area contributed by atoms with Crippen LogP contribution in [0.4, 0.5) is 18.9 Å². The second-order valence-electron chi connectivity index (χ2n) is 9.02. The number of aromatic nitrogens is 1. The molecule has 2 heterocycles. The molecule has 8 nitrogen and oxygen atoms in total. The van der Waals surface area contributed by atoms with E-state index < -0.39 is 29.9 Å². The van der Waals surface area contributed by atoms with Gasteiger partial charge in [0.25, 0.3) is 5.91 Å². The number of likely N-dealkylation sites (tertiary alicyclic amines) is 1. The Morgan fingerprint density at radius 2 is 1.94 bits per heavy atom. The number of nitrogens with zero attached hydrogens (tertiary/aromatic N) is 3. The van der Waals surface area contributed by atoms with Crippen LogP contribution in [0.1, 0.15) is 31.9 Å². The zero-order valence-corrected chi connectivity index (χ0v) is 20.2. The molecule has 0 unspecified atom stereocenters. The minimum Gasteiger partial charge on any atom is -0.404 e. The van der Waals surface area contributed by atoms with Gasteiger partial charge in [0.15, 0.2) is 0 Å². The standard InChI is InChI=1S/C24H26ClF3N6O2/c1-13(35)34-11-17(7-18(12-34)32-23(36)14(9-29)10-30-16-3-4-16)31-21-8-22(24(26,27)28)33-20-5-2-15(25)6-19(20)21/h2,5-6,8-10,16-18H,3-4,7,11-12,29H2,1H3,(H,31,33)(H,32,36)/b14-9+,30-10?/t17-,18+/m1/s1. The topological polar surface area (TPSA) is 113 Å². The van der Waals surface area contributed by atoms with Crippen molar-refractivity contribution in [3.05, 3.63) is 46.8 Å². The lowest BCUT2D eigenvalue weighted by Gasteiger charge is -2.38. The SMILES string of the molecule is CC(=O)N1C[C@@H](NC(=O)/C(C=NC2CC2)=C/N)C[C@@H](Nc2cc(C(F)(F)F)nc3ccc(Cl)cc23)C1. The number of benzene rings is 1. The van der Waals surface area contributed by atoms with E-state index in [9.17, 15) is 22.8 Å². The van der Waals surface area contributed by atoms with Crippen molar-refractivity contribution in [3.8, 4) is 0 Å². The van der Waals surface area contributed by atoms with Gasteiger partial charge in [-0.25, -0.2) is 4.98 Å². The molecule has 192 valence electrons. The number of carbonyl (C=O) groups is 2. The molecular formula is C24H26ClF3N6O2. The Hall–Kier alpha value is -3.34. The largest absolute Gasteiger partial charge is 0.433 e. The number of nitrogens with one attached hydrogen (secondary N) is 2. The van der Waals surface area contributed by atoms with E-state index in [2.05, 4.69) is 20.6 Å². The summed E-state index contributed by atoms with van der Waals surface area (Å²) in [7, 11) is 0. The molecule has 1 aromatic heterocycles. The van der Waals surface area contributed by atoms with Crippen LogP contribution in [-0.2, 0) is 15.8 Å². The summed E-state index contributed by atoms with van der Waals surface area (Å²) in [6.07, 6.45) is 0.285. The van der Waals surface area contributed by atoms with Gasteiger partial charge in [0, 0.05) is 60.6 Å². The number of amides is 2. The van der Waals surface area contributed by atoms with Crippen molar-refractivity contribution in [1.82, 2.24) is 15.2 Å². The number of alkyl halides is 3. The van der Waals surface area contributed by atoms with Crippen molar-refractivity contribution >= 4 is 46.2 Å². The Morgan fingerprint density at radius 1 is 1.22 bits per heavy atom. The number of piperidine rings is 1. The Morgan fingerprint density at radius 3 is 2.58 bits per heavy atom. The molecule has 2 fully saturated rings. The first kappa shape index (κ1) is 25.7. The molecule has 2 aromatic rings. The molecule has 1 aliphatic carbocycles. The third-order valence-electron chi connectivity index (χ3n) is 6.06. The molecule has 1 aliphatic heterocycles. The van der Waals surface area contributed by atoms with Crippen molar-refractivity contribution in [2.24, 2.45) is 10.7 Å². The first-order chi connectivity index (χ1) is 17.0. The number of pyridine rings is 1. The molecule has 4 N–H and O–H groups in total. The van der Waals surface area contributed by atoms with Gasteiger partial charge in [-0.3, -0.25) is 14.6 Å². The second-order valence-corrected chi connectivity index (χ2v) is 9.45. The normalized spacial score (nSPS) is 21.1.